The summed E-state index contributed by atoms with van der Waals surface area (Å²) in [7, 11) is 0. The summed E-state index contributed by atoms with van der Waals surface area (Å²) < 4.78 is 13.8. The van der Waals surface area contributed by atoms with Crippen LogP contribution in [0.4, 0.5) is 4.39 Å². The van der Waals surface area contributed by atoms with Gasteiger partial charge in [0.15, 0.2) is 0 Å². The second-order valence-electron chi connectivity index (χ2n) is 5.39. The Bertz CT molecular complexity index is 459. The van der Waals surface area contributed by atoms with Crippen molar-refractivity contribution in [3.8, 4) is 0 Å². The number of hydrogen-bond donors (Lipinski definition) is 2. The molecule has 0 bridgehead atoms. The molecule has 1 aromatic carbocycles. The Kier molecular flexibility index (Phi) is 6.43. The van der Waals surface area contributed by atoms with Gasteiger partial charge in [-0.25, -0.2) is 4.39 Å². The zero-order valence-corrected chi connectivity index (χ0v) is 12.7. The molecule has 1 aliphatic heterocycles. The molecule has 1 fully saturated rings. The number of carbonyl (C=O) groups excluding carboxylic acids is 1. The highest BCUT2D eigenvalue weighted by Gasteiger charge is 2.19. The van der Waals surface area contributed by atoms with Crippen molar-refractivity contribution in [2.75, 3.05) is 13.1 Å². The molecule has 3 nitrogen and oxygen atoms in total. The quantitative estimate of drug-likeness (QED) is 0.901. The minimum atomic E-state index is -0.448. The van der Waals surface area contributed by atoms with E-state index in [9.17, 15) is 9.18 Å². The van der Waals surface area contributed by atoms with Gasteiger partial charge in [-0.2, -0.15) is 0 Å². The Morgan fingerprint density at radius 2 is 2.00 bits per heavy atom. The first kappa shape index (κ1) is 16.9. The third-order valence-corrected chi connectivity index (χ3v) is 3.47. The molecule has 2 N–H and O–H groups in total. The van der Waals surface area contributed by atoms with Gasteiger partial charge in [-0.15, -0.1) is 12.4 Å². The number of piperidine rings is 1. The van der Waals surface area contributed by atoms with Crippen molar-refractivity contribution in [3.63, 3.8) is 0 Å². The molecule has 1 aliphatic rings. The molecule has 20 heavy (non-hydrogen) atoms. The maximum absolute atomic E-state index is 13.8. The van der Waals surface area contributed by atoms with Gasteiger partial charge < -0.3 is 10.6 Å². The smallest absolute Gasteiger partial charge is 0.254 e. The minimum absolute atomic E-state index is 0. The van der Waals surface area contributed by atoms with E-state index in [0.29, 0.717) is 5.92 Å². The van der Waals surface area contributed by atoms with E-state index in [1.807, 2.05) is 13.8 Å². The van der Waals surface area contributed by atoms with E-state index in [0.717, 1.165) is 31.5 Å². The SMILES string of the molecule is CC(C)NC(=O)c1cc(C2CCNCC2)ccc1F.Cl. The van der Waals surface area contributed by atoms with Crippen molar-refractivity contribution < 1.29 is 9.18 Å². The summed E-state index contributed by atoms with van der Waals surface area (Å²) in [5.74, 6) is -0.355. The number of carbonyl (C=O) groups is 1. The van der Waals surface area contributed by atoms with Crippen LogP contribution < -0.4 is 10.6 Å². The fraction of sp³-hybridized carbons (Fsp3) is 0.533. The van der Waals surface area contributed by atoms with Gasteiger partial charge >= 0.3 is 0 Å². The van der Waals surface area contributed by atoms with Crippen LogP contribution in [0.2, 0.25) is 0 Å². The summed E-state index contributed by atoms with van der Waals surface area (Å²) in [5, 5.41) is 6.04. The third-order valence-electron chi connectivity index (χ3n) is 3.47. The number of hydrogen-bond acceptors (Lipinski definition) is 2. The Balaban J connectivity index is 0.00000200. The minimum Gasteiger partial charge on any atom is -0.350 e. The van der Waals surface area contributed by atoms with Crippen LogP contribution in [0.3, 0.4) is 0 Å². The van der Waals surface area contributed by atoms with Crippen molar-refractivity contribution in [1.82, 2.24) is 10.6 Å². The van der Waals surface area contributed by atoms with Gasteiger partial charge in [-0.1, -0.05) is 6.07 Å². The van der Waals surface area contributed by atoms with E-state index in [1.54, 1.807) is 12.1 Å². The van der Waals surface area contributed by atoms with Gasteiger partial charge in [0.1, 0.15) is 5.82 Å². The van der Waals surface area contributed by atoms with Crippen LogP contribution >= 0.6 is 12.4 Å². The number of halogens is 2. The number of nitrogens with one attached hydrogen (secondary N) is 2. The van der Waals surface area contributed by atoms with Gasteiger partial charge in [-0.05, 0) is 63.4 Å². The van der Waals surface area contributed by atoms with Crippen molar-refractivity contribution in [2.45, 2.75) is 38.6 Å². The van der Waals surface area contributed by atoms with Gasteiger partial charge in [0.25, 0.3) is 5.91 Å². The van der Waals surface area contributed by atoms with Gasteiger partial charge in [0.2, 0.25) is 0 Å². The average molecular weight is 301 g/mol. The summed E-state index contributed by atoms with van der Waals surface area (Å²) in [6, 6.07) is 4.93. The molecular formula is C15H22ClFN2O. The Morgan fingerprint density at radius 1 is 1.35 bits per heavy atom. The molecule has 112 valence electrons. The highest BCUT2D eigenvalue weighted by molar-refractivity contribution is 5.94. The van der Waals surface area contributed by atoms with E-state index < -0.39 is 5.82 Å². The Morgan fingerprint density at radius 3 is 2.60 bits per heavy atom. The van der Waals surface area contributed by atoms with Crippen LogP contribution in [0.1, 0.15) is 48.5 Å². The van der Waals surface area contributed by atoms with Crippen LogP contribution in [-0.2, 0) is 0 Å². The first-order valence-corrected chi connectivity index (χ1v) is 6.89. The lowest BCUT2D eigenvalue weighted by Gasteiger charge is -2.23. The molecule has 0 spiro atoms. The van der Waals surface area contributed by atoms with E-state index in [2.05, 4.69) is 10.6 Å². The Hall–Kier alpha value is -1.13. The molecule has 0 atom stereocenters. The van der Waals surface area contributed by atoms with E-state index >= 15 is 0 Å². The second kappa shape index (κ2) is 7.60. The molecule has 1 heterocycles. The third kappa shape index (κ3) is 4.18. The van der Waals surface area contributed by atoms with Crippen molar-refractivity contribution in [3.05, 3.63) is 35.1 Å². The largest absolute Gasteiger partial charge is 0.350 e. The number of benzene rings is 1. The molecule has 0 aromatic heterocycles. The lowest BCUT2D eigenvalue weighted by molar-refractivity contribution is 0.0939. The van der Waals surface area contributed by atoms with E-state index in [4.69, 9.17) is 0 Å². The van der Waals surface area contributed by atoms with Gasteiger partial charge in [0, 0.05) is 6.04 Å². The molecule has 1 aromatic rings. The summed E-state index contributed by atoms with van der Waals surface area (Å²) >= 11 is 0. The lowest BCUT2D eigenvalue weighted by Crippen LogP contribution is -2.31. The van der Waals surface area contributed by atoms with Crippen LogP contribution in [0.5, 0.6) is 0 Å². The molecule has 0 aliphatic carbocycles. The standard InChI is InChI=1S/C15H21FN2O.ClH/c1-10(2)18-15(19)13-9-12(3-4-14(13)16)11-5-7-17-8-6-11;/h3-4,9-11,17H,5-8H2,1-2H3,(H,18,19);1H. The summed E-state index contributed by atoms with van der Waals surface area (Å²) in [6.45, 7) is 5.70. The normalized spacial score (nSPS) is 15.8. The van der Waals surface area contributed by atoms with Crippen molar-refractivity contribution >= 4 is 18.3 Å². The van der Waals surface area contributed by atoms with Gasteiger partial charge in [-0.3, -0.25) is 4.79 Å². The fourth-order valence-corrected chi connectivity index (χ4v) is 2.47. The van der Waals surface area contributed by atoms with Crippen molar-refractivity contribution in [1.29, 1.82) is 0 Å². The molecule has 5 heteroatoms. The molecule has 0 saturated carbocycles. The molecule has 1 saturated heterocycles. The first-order chi connectivity index (χ1) is 9.08. The maximum atomic E-state index is 13.8. The number of rotatable bonds is 3. The molecular weight excluding hydrogens is 279 g/mol. The van der Waals surface area contributed by atoms with Crippen LogP contribution in [0.25, 0.3) is 0 Å². The summed E-state index contributed by atoms with van der Waals surface area (Å²) in [6.07, 6.45) is 2.08. The maximum Gasteiger partial charge on any atom is 0.254 e. The van der Waals surface area contributed by atoms with Crippen LogP contribution in [0, 0.1) is 5.82 Å². The lowest BCUT2D eigenvalue weighted by atomic mass is 9.89. The summed E-state index contributed by atoms with van der Waals surface area (Å²) in [4.78, 5) is 11.9. The number of amides is 1. The van der Waals surface area contributed by atoms with Gasteiger partial charge in [0.05, 0.1) is 5.56 Å². The predicted octanol–water partition coefficient (Wildman–Crippen LogP) is 2.85. The highest BCUT2D eigenvalue weighted by atomic mass is 35.5. The van der Waals surface area contributed by atoms with E-state index in [-0.39, 0.29) is 29.9 Å². The zero-order valence-electron chi connectivity index (χ0n) is 11.9. The van der Waals surface area contributed by atoms with Crippen molar-refractivity contribution in [2.24, 2.45) is 0 Å². The van der Waals surface area contributed by atoms with E-state index in [1.165, 1.54) is 6.07 Å². The first-order valence-electron chi connectivity index (χ1n) is 6.89. The Labute approximate surface area is 125 Å². The molecule has 0 radical (unpaired) electrons. The molecule has 0 unspecified atom stereocenters. The predicted molar refractivity (Wildman–Crippen MR) is 81.1 cm³/mol. The zero-order chi connectivity index (χ0) is 13.8. The second-order valence-corrected chi connectivity index (χ2v) is 5.39. The highest BCUT2D eigenvalue weighted by Crippen LogP contribution is 2.26. The molecule has 2 rings (SSSR count). The fourth-order valence-electron chi connectivity index (χ4n) is 2.47. The van der Waals surface area contributed by atoms with Crippen LogP contribution in [-0.4, -0.2) is 25.0 Å². The molecule has 1 amide bonds. The summed E-state index contributed by atoms with van der Waals surface area (Å²) in [5.41, 5.74) is 1.22. The average Bonchev–Trinajstić information content (AvgIpc) is 2.39. The monoisotopic (exact) mass is 300 g/mol. The topological polar surface area (TPSA) is 41.1 Å². The van der Waals surface area contributed by atoms with Crippen LogP contribution in [0.15, 0.2) is 18.2 Å².